The minimum absolute atomic E-state index is 0.488. The van der Waals surface area contributed by atoms with E-state index < -0.39 is 30.9 Å². The van der Waals surface area contributed by atoms with Crippen LogP contribution in [-0.4, -0.2) is 24.4 Å². The molecule has 12 heavy (non-hydrogen) atoms. The van der Waals surface area contributed by atoms with Crippen molar-refractivity contribution in [3.05, 3.63) is 6.92 Å². The summed E-state index contributed by atoms with van der Waals surface area (Å²) in [5, 5.41) is 0. The second kappa shape index (κ2) is 4.05. The predicted octanol–water partition coefficient (Wildman–Crippen LogP) is 2.88. The highest BCUT2D eigenvalue weighted by atomic mass is 19.3. The number of halogens is 5. The molecule has 0 spiro atoms. The van der Waals surface area contributed by atoms with E-state index >= 15 is 0 Å². The van der Waals surface area contributed by atoms with Gasteiger partial charge in [0.2, 0.25) is 0 Å². The van der Waals surface area contributed by atoms with Crippen LogP contribution in [0.25, 0.3) is 0 Å². The highest BCUT2D eigenvalue weighted by Gasteiger charge is 2.49. The Bertz CT molecular complexity index is 134. The third-order valence-electron chi connectivity index (χ3n) is 1.49. The van der Waals surface area contributed by atoms with Gasteiger partial charge in [0.25, 0.3) is 0 Å². The van der Waals surface area contributed by atoms with Gasteiger partial charge >= 0.3 is 5.92 Å². The van der Waals surface area contributed by atoms with E-state index in [1.54, 1.807) is 0 Å². The first kappa shape index (κ1) is 11.6. The lowest BCUT2D eigenvalue weighted by Gasteiger charge is -2.23. The lowest BCUT2D eigenvalue weighted by atomic mass is 10.0. The molecule has 0 amide bonds. The summed E-state index contributed by atoms with van der Waals surface area (Å²) < 4.78 is 61.5. The molecule has 1 radical (unpaired) electrons. The summed E-state index contributed by atoms with van der Waals surface area (Å²) in [5.74, 6) is -4.27. The summed E-state index contributed by atoms with van der Waals surface area (Å²) >= 11 is 0. The summed E-state index contributed by atoms with van der Waals surface area (Å²) in [4.78, 5) is 0. The molecule has 0 N–H and O–H groups in total. The van der Waals surface area contributed by atoms with Crippen molar-refractivity contribution in [3.63, 3.8) is 0 Å². The molecule has 0 saturated heterocycles. The Balaban J connectivity index is 4.34. The van der Waals surface area contributed by atoms with Crippen molar-refractivity contribution >= 4 is 0 Å². The standard InChI is InChI=1S/C7H10F5/c1-3-5(9)6(10)7(11,12)4(2)8/h4-6H,1,3H2,2H3/t4?,5?,6-/m0/s1. The highest BCUT2D eigenvalue weighted by Crippen LogP contribution is 2.31. The molecule has 0 aromatic rings. The molecule has 0 aliphatic heterocycles. The first-order chi connectivity index (χ1) is 5.34. The van der Waals surface area contributed by atoms with E-state index in [2.05, 4.69) is 6.92 Å². The Labute approximate surface area is 67.8 Å². The third-order valence-corrected chi connectivity index (χ3v) is 1.49. The number of hydrogen-bond acceptors (Lipinski definition) is 0. The van der Waals surface area contributed by atoms with E-state index in [0.29, 0.717) is 6.92 Å². The van der Waals surface area contributed by atoms with Gasteiger partial charge in [-0.15, -0.1) is 0 Å². The second-order valence-corrected chi connectivity index (χ2v) is 2.50. The first-order valence-electron chi connectivity index (χ1n) is 3.43. The summed E-state index contributed by atoms with van der Waals surface area (Å²) in [6.07, 6.45) is -8.87. The zero-order chi connectivity index (χ0) is 9.94. The minimum atomic E-state index is -4.27. The van der Waals surface area contributed by atoms with Crippen LogP contribution in [0, 0.1) is 6.92 Å². The maximum atomic E-state index is 12.4. The van der Waals surface area contributed by atoms with Crippen LogP contribution in [0.3, 0.4) is 0 Å². The molecule has 0 saturated carbocycles. The summed E-state index contributed by atoms with van der Waals surface area (Å²) in [7, 11) is 0. The van der Waals surface area contributed by atoms with Crippen LogP contribution in [-0.2, 0) is 0 Å². The topological polar surface area (TPSA) is 0 Å². The Morgan fingerprint density at radius 2 is 1.67 bits per heavy atom. The largest absolute Gasteiger partial charge is 0.311 e. The maximum Gasteiger partial charge on any atom is 0.311 e. The smallest absolute Gasteiger partial charge is 0.244 e. The van der Waals surface area contributed by atoms with Gasteiger partial charge in [0.15, 0.2) is 12.3 Å². The molecule has 0 rings (SSSR count). The monoisotopic (exact) mass is 189 g/mol. The van der Waals surface area contributed by atoms with E-state index in [0.717, 1.165) is 0 Å². The zero-order valence-corrected chi connectivity index (χ0v) is 6.54. The van der Waals surface area contributed by atoms with Crippen molar-refractivity contribution in [2.75, 3.05) is 0 Å². The molecule has 0 heterocycles. The summed E-state index contributed by atoms with van der Waals surface area (Å²) in [5.41, 5.74) is 0. The molecule has 0 fully saturated rings. The van der Waals surface area contributed by atoms with Crippen molar-refractivity contribution in [3.8, 4) is 0 Å². The lowest BCUT2D eigenvalue weighted by molar-refractivity contribution is -0.141. The van der Waals surface area contributed by atoms with E-state index in [4.69, 9.17) is 0 Å². The normalized spacial score (nSPS) is 20.2. The lowest BCUT2D eigenvalue weighted by Crippen LogP contribution is -2.43. The van der Waals surface area contributed by atoms with Crippen LogP contribution in [0.1, 0.15) is 13.3 Å². The molecule has 0 aliphatic rings. The number of rotatable bonds is 4. The van der Waals surface area contributed by atoms with Gasteiger partial charge in [0.1, 0.15) is 6.17 Å². The molecule has 3 atom stereocenters. The van der Waals surface area contributed by atoms with Gasteiger partial charge in [-0.05, 0) is 13.3 Å². The fourth-order valence-electron chi connectivity index (χ4n) is 0.607. The molecular weight excluding hydrogens is 179 g/mol. The quantitative estimate of drug-likeness (QED) is 0.596. The molecule has 2 unspecified atom stereocenters. The van der Waals surface area contributed by atoms with E-state index in [-0.39, 0.29) is 0 Å². The van der Waals surface area contributed by atoms with Gasteiger partial charge < -0.3 is 0 Å². The Kier molecular flexibility index (Phi) is 3.93. The van der Waals surface area contributed by atoms with E-state index in [1.807, 2.05) is 0 Å². The SMILES string of the molecule is [CH2]CC(F)[C@H](F)C(F)(F)C(C)F. The molecule has 0 aliphatic carbocycles. The average molecular weight is 189 g/mol. The molecule has 0 aromatic carbocycles. The summed E-state index contributed by atoms with van der Waals surface area (Å²) in [6, 6.07) is 0. The summed E-state index contributed by atoms with van der Waals surface area (Å²) in [6.45, 7) is 3.40. The zero-order valence-electron chi connectivity index (χ0n) is 6.54. The van der Waals surface area contributed by atoms with E-state index in [9.17, 15) is 22.0 Å². The minimum Gasteiger partial charge on any atom is -0.244 e. The maximum absolute atomic E-state index is 12.4. The average Bonchev–Trinajstić information content (AvgIpc) is 2.01. The van der Waals surface area contributed by atoms with E-state index in [1.165, 1.54) is 0 Å². The Hall–Kier alpha value is -0.350. The van der Waals surface area contributed by atoms with Crippen LogP contribution in [0.15, 0.2) is 0 Å². The van der Waals surface area contributed by atoms with Gasteiger partial charge in [0.05, 0.1) is 0 Å². The van der Waals surface area contributed by atoms with Gasteiger partial charge in [-0.3, -0.25) is 0 Å². The van der Waals surface area contributed by atoms with Gasteiger partial charge in [0, 0.05) is 0 Å². The van der Waals surface area contributed by atoms with Crippen molar-refractivity contribution in [1.29, 1.82) is 0 Å². The highest BCUT2D eigenvalue weighted by molar-refractivity contribution is 4.87. The Morgan fingerprint density at radius 3 is 1.92 bits per heavy atom. The van der Waals surface area contributed by atoms with Crippen LogP contribution in [0.2, 0.25) is 0 Å². The van der Waals surface area contributed by atoms with Gasteiger partial charge in [-0.2, -0.15) is 0 Å². The number of alkyl halides is 5. The fraction of sp³-hybridized carbons (Fsp3) is 0.857. The van der Waals surface area contributed by atoms with Gasteiger partial charge in [-0.25, -0.2) is 22.0 Å². The number of hydrogen-bond donors (Lipinski definition) is 0. The van der Waals surface area contributed by atoms with Crippen molar-refractivity contribution in [2.24, 2.45) is 0 Å². The fourth-order valence-corrected chi connectivity index (χ4v) is 0.607. The van der Waals surface area contributed by atoms with Gasteiger partial charge in [-0.1, -0.05) is 6.92 Å². The molecular formula is C7H10F5. The molecule has 0 bridgehead atoms. The van der Waals surface area contributed by atoms with Crippen LogP contribution in [0.5, 0.6) is 0 Å². The van der Waals surface area contributed by atoms with Crippen LogP contribution < -0.4 is 0 Å². The molecule has 0 aromatic heterocycles. The first-order valence-corrected chi connectivity index (χ1v) is 3.43. The Morgan fingerprint density at radius 1 is 1.25 bits per heavy atom. The third kappa shape index (κ3) is 2.32. The molecule has 73 valence electrons. The van der Waals surface area contributed by atoms with Crippen LogP contribution >= 0.6 is 0 Å². The van der Waals surface area contributed by atoms with Crippen LogP contribution in [0.4, 0.5) is 22.0 Å². The second-order valence-electron chi connectivity index (χ2n) is 2.50. The van der Waals surface area contributed by atoms with Crippen molar-refractivity contribution < 1.29 is 22.0 Å². The van der Waals surface area contributed by atoms with Crippen molar-refractivity contribution in [1.82, 2.24) is 0 Å². The predicted molar refractivity (Wildman–Crippen MR) is 35.3 cm³/mol. The molecule has 0 nitrogen and oxygen atoms in total. The van der Waals surface area contributed by atoms with Crippen molar-refractivity contribution in [2.45, 2.75) is 37.8 Å². The molecule has 5 heteroatoms.